The molecule has 102 valence electrons. The van der Waals surface area contributed by atoms with E-state index in [1.54, 1.807) is 0 Å². The standard InChI is InChI=1S/C13H16N2O4/c1-9-6-12(8-14-7-9)19-13(16)10-2-4-11(5-3-10)15(17)18/h2-5,9,12,14H,6-8H2,1H3/t9-,12-/m0/s1. The first-order chi connectivity index (χ1) is 9.06. The summed E-state index contributed by atoms with van der Waals surface area (Å²) in [5, 5.41) is 13.7. The number of esters is 1. The highest BCUT2D eigenvalue weighted by Crippen LogP contribution is 2.16. The van der Waals surface area contributed by atoms with Crippen molar-refractivity contribution in [1.82, 2.24) is 5.32 Å². The quantitative estimate of drug-likeness (QED) is 0.511. The number of nitro benzene ring substituents is 1. The average molecular weight is 264 g/mol. The molecule has 1 aromatic rings. The summed E-state index contributed by atoms with van der Waals surface area (Å²) >= 11 is 0. The van der Waals surface area contributed by atoms with Crippen LogP contribution in [0.4, 0.5) is 5.69 Å². The molecule has 1 heterocycles. The Morgan fingerprint density at radius 2 is 2.05 bits per heavy atom. The molecule has 6 nitrogen and oxygen atoms in total. The summed E-state index contributed by atoms with van der Waals surface area (Å²) in [6.45, 7) is 3.69. The molecule has 0 radical (unpaired) electrons. The molecule has 0 amide bonds. The number of piperidine rings is 1. The second-order valence-corrected chi connectivity index (χ2v) is 4.83. The summed E-state index contributed by atoms with van der Waals surface area (Å²) in [6, 6.07) is 5.44. The summed E-state index contributed by atoms with van der Waals surface area (Å²) in [7, 11) is 0. The van der Waals surface area contributed by atoms with Gasteiger partial charge < -0.3 is 10.1 Å². The van der Waals surface area contributed by atoms with Crippen molar-refractivity contribution in [3.05, 3.63) is 39.9 Å². The number of nitrogens with zero attached hydrogens (tertiary/aromatic N) is 1. The van der Waals surface area contributed by atoms with Gasteiger partial charge in [-0.15, -0.1) is 0 Å². The first-order valence-corrected chi connectivity index (χ1v) is 6.22. The van der Waals surface area contributed by atoms with Crippen molar-refractivity contribution >= 4 is 11.7 Å². The van der Waals surface area contributed by atoms with Gasteiger partial charge in [-0.3, -0.25) is 10.1 Å². The number of hydrogen-bond donors (Lipinski definition) is 1. The number of benzene rings is 1. The van der Waals surface area contributed by atoms with Gasteiger partial charge in [0.25, 0.3) is 5.69 Å². The highest BCUT2D eigenvalue weighted by Gasteiger charge is 2.22. The third-order valence-corrected chi connectivity index (χ3v) is 3.12. The lowest BCUT2D eigenvalue weighted by molar-refractivity contribution is -0.384. The second kappa shape index (κ2) is 5.79. The summed E-state index contributed by atoms with van der Waals surface area (Å²) < 4.78 is 5.38. The van der Waals surface area contributed by atoms with Crippen LogP contribution in [0.1, 0.15) is 23.7 Å². The largest absolute Gasteiger partial charge is 0.457 e. The molecule has 19 heavy (non-hydrogen) atoms. The Morgan fingerprint density at radius 3 is 2.63 bits per heavy atom. The van der Waals surface area contributed by atoms with E-state index in [1.165, 1.54) is 24.3 Å². The minimum atomic E-state index is -0.498. The molecule has 0 saturated carbocycles. The predicted molar refractivity (Wildman–Crippen MR) is 69.0 cm³/mol. The highest BCUT2D eigenvalue weighted by molar-refractivity contribution is 5.89. The van der Waals surface area contributed by atoms with Crippen LogP contribution in [0.15, 0.2) is 24.3 Å². The van der Waals surface area contributed by atoms with Gasteiger partial charge in [-0.1, -0.05) is 6.92 Å². The number of carbonyl (C=O) groups is 1. The van der Waals surface area contributed by atoms with E-state index >= 15 is 0 Å². The number of ether oxygens (including phenoxy) is 1. The van der Waals surface area contributed by atoms with Gasteiger partial charge in [0, 0.05) is 18.7 Å². The third kappa shape index (κ3) is 3.51. The predicted octanol–water partition coefficient (Wildman–Crippen LogP) is 1.75. The van der Waals surface area contributed by atoms with Crippen LogP contribution in [0.5, 0.6) is 0 Å². The van der Waals surface area contributed by atoms with Crippen molar-refractivity contribution in [3.63, 3.8) is 0 Å². The van der Waals surface area contributed by atoms with Gasteiger partial charge in [0.15, 0.2) is 0 Å². The maximum atomic E-state index is 11.9. The molecule has 1 N–H and O–H groups in total. The first-order valence-electron chi connectivity index (χ1n) is 6.22. The van der Waals surface area contributed by atoms with Crippen LogP contribution in [0.3, 0.4) is 0 Å². The number of carbonyl (C=O) groups excluding carboxylic acids is 1. The molecule has 1 aromatic carbocycles. The average Bonchev–Trinajstić information content (AvgIpc) is 2.39. The van der Waals surface area contributed by atoms with Crippen LogP contribution in [0, 0.1) is 16.0 Å². The molecule has 0 unspecified atom stereocenters. The van der Waals surface area contributed by atoms with E-state index in [4.69, 9.17) is 4.74 Å². The Kier molecular flexibility index (Phi) is 4.11. The second-order valence-electron chi connectivity index (χ2n) is 4.83. The number of hydrogen-bond acceptors (Lipinski definition) is 5. The molecule has 1 saturated heterocycles. The fourth-order valence-electron chi connectivity index (χ4n) is 2.13. The normalized spacial score (nSPS) is 22.8. The summed E-state index contributed by atoms with van der Waals surface area (Å²) in [6.07, 6.45) is 0.706. The molecule has 0 aromatic heterocycles. The number of nitrogens with one attached hydrogen (secondary N) is 1. The van der Waals surface area contributed by atoms with Crippen LogP contribution in [-0.2, 0) is 4.74 Å². The van der Waals surface area contributed by atoms with E-state index in [2.05, 4.69) is 12.2 Å². The summed E-state index contributed by atoms with van der Waals surface area (Å²) in [5.74, 6) is 0.0409. The number of non-ortho nitro benzene ring substituents is 1. The summed E-state index contributed by atoms with van der Waals surface area (Å²) in [5.41, 5.74) is 0.299. The fraction of sp³-hybridized carbons (Fsp3) is 0.462. The zero-order valence-corrected chi connectivity index (χ0v) is 10.7. The zero-order valence-electron chi connectivity index (χ0n) is 10.7. The van der Waals surface area contributed by atoms with Crippen molar-refractivity contribution in [2.24, 2.45) is 5.92 Å². The van der Waals surface area contributed by atoms with Crippen molar-refractivity contribution in [2.75, 3.05) is 13.1 Å². The van der Waals surface area contributed by atoms with Gasteiger partial charge in [-0.05, 0) is 31.0 Å². The Labute approximate surface area is 110 Å². The first kappa shape index (κ1) is 13.5. The van der Waals surface area contributed by atoms with Crippen molar-refractivity contribution in [1.29, 1.82) is 0 Å². The van der Waals surface area contributed by atoms with Gasteiger partial charge in [0.05, 0.1) is 10.5 Å². The Morgan fingerprint density at radius 1 is 1.37 bits per heavy atom. The number of nitro groups is 1. The SMILES string of the molecule is C[C@@H]1CNC[C@@H](OC(=O)c2ccc([N+](=O)[O-])cc2)C1. The molecular formula is C13H16N2O4. The van der Waals surface area contributed by atoms with Gasteiger partial charge in [0.2, 0.25) is 0 Å². The third-order valence-electron chi connectivity index (χ3n) is 3.12. The minimum absolute atomic E-state index is 0.0375. The maximum Gasteiger partial charge on any atom is 0.338 e. The molecule has 1 aliphatic heterocycles. The van der Waals surface area contributed by atoms with Crippen LogP contribution in [0.25, 0.3) is 0 Å². The monoisotopic (exact) mass is 264 g/mol. The molecule has 1 fully saturated rings. The van der Waals surface area contributed by atoms with E-state index in [0.717, 1.165) is 13.0 Å². The molecule has 0 spiro atoms. The van der Waals surface area contributed by atoms with Gasteiger partial charge >= 0.3 is 5.97 Å². The molecule has 6 heteroatoms. The minimum Gasteiger partial charge on any atom is -0.457 e. The molecule has 2 atom stereocenters. The van der Waals surface area contributed by atoms with E-state index in [9.17, 15) is 14.9 Å². The smallest absolute Gasteiger partial charge is 0.338 e. The molecule has 0 bridgehead atoms. The summed E-state index contributed by atoms with van der Waals surface area (Å²) in [4.78, 5) is 21.9. The van der Waals surface area contributed by atoms with Crippen molar-refractivity contribution in [2.45, 2.75) is 19.4 Å². The van der Waals surface area contributed by atoms with Gasteiger partial charge in [-0.25, -0.2) is 4.79 Å². The van der Waals surface area contributed by atoms with E-state index in [1.807, 2.05) is 0 Å². The lowest BCUT2D eigenvalue weighted by atomic mass is 10.00. The van der Waals surface area contributed by atoms with Crippen molar-refractivity contribution in [3.8, 4) is 0 Å². The molecular weight excluding hydrogens is 248 g/mol. The lowest BCUT2D eigenvalue weighted by Crippen LogP contribution is -2.40. The van der Waals surface area contributed by atoms with E-state index in [-0.39, 0.29) is 11.8 Å². The van der Waals surface area contributed by atoms with Crippen molar-refractivity contribution < 1.29 is 14.5 Å². The Hall–Kier alpha value is -1.95. The topological polar surface area (TPSA) is 81.5 Å². The molecule has 1 aliphatic rings. The zero-order chi connectivity index (χ0) is 13.8. The van der Waals surface area contributed by atoms with E-state index < -0.39 is 10.9 Å². The van der Waals surface area contributed by atoms with Crippen LogP contribution in [-0.4, -0.2) is 30.1 Å². The highest BCUT2D eigenvalue weighted by atomic mass is 16.6. The van der Waals surface area contributed by atoms with Gasteiger partial charge in [0.1, 0.15) is 6.10 Å². The lowest BCUT2D eigenvalue weighted by Gasteiger charge is -2.27. The molecule has 0 aliphatic carbocycles. The maximum absolute atomic E-state index is 11.9. The Bertz CT molecular complexity index is 472. The van der Waals surface area contributed by atoms with E-state index in [0.29, 0.717) is 18.0 Å². The Balaban J connectivity index is 1.97. The van der Waals surface area contributed by atoms with Crippen LogP contribution in [0.2, 0.25) is 0 Å². The van der Waals surface area contributed by atoms with Crippen LogP contribution >= 0.6 is 0 Å². The molecule has 2 rings (SSSR count). The fourth-order valence-corrected chi connectivity index (χ4v) is 2.13. The number of rotatable bonds is 3. The van der Waals surface area contributed by atoms with Gasteiger partial charge in [-0.2, -0.15) is 0 Å². The van der Waals surface area contributed by atoms with Crippen LogP contribution < -0.4 is 5.32 Å².